The van der Waals surface area contributed by atoms with Gasteiger partial charge in [0.05, 0.1) is 9.92 Å². The van der Waals surface area contributed by atoms with Crippen LogP contribution >= 0.6 is 11.6 Å². The van der Waals surface area contributed by atoms with Gasteiger partial charge in [-0.2, -0.15) is 0 Å². The number of carbonyl (C=O) groups excluding carboxylic acids is 1. The fraction of sp³-hybridized carbons (Fsp3) is 0.292. The van der Waals surface area contributed by atoms with Crippen LogP contribution in [0.15, 0.2) is 58.6 Å². The van der Waals surface area contributed by atoms with Crippen molar-refractivity contribution in [2.24, 2.45) is 11.7 Å². The normalized spacial score (nSPS) is 17.4. The summed E-state index contributed by atoms with van der Waals surface area (Å²) in [5.41, 5.74) is 5.13. The fourth-order valence-corrected chi connectivity index (χ4v) is 5.99. The molecule has 3 heterocycles. The Bertz CT molecular complexity index is 1410. The van der Waals surface area contributed by atoms with Crippen LogP contribution in [-0.2, 0) is 9.84 Å². The standard InChI is InChI=1S/C24H24ClFN4O4S/c1-14-12-24(2,3)30(13-14)23-21(22(27)31)18(9-10-28-23)35(32,33)20-6-4-5-19(29-20)34-17-11-15(26)7-8-16(17)25/h4-11,14H,12-13H2,1-3H3,(H2,27,31). The highest BCUT2D eigenvalue weighted by atomic mass is 35.5. The van der Waals surface area contributed by atoms with E-state index in [0.29, 0.717) is 12.5 Å². The highest BCUT2D eigenvalue weighted by Gasteiger charge is 2.40. The second-order valence-corrected chi connectivity index (χ2v) is 11.4. The molecular formula is C24H24ClFN4O4S. The van der Waals surface area contributed by atoms with Crippen molar-refractivity contribution in [1.29, 1.82) is 0 Å². The second kappa shape index (κ2) is 9.09. The van der Waals surface area contributed by atoms with Crippen LogP contribution in [0.25, 0.3) is 0 Å². The van der Waals surface area contributed by atoms with Gasteiger partial charge in [-0.3, -0.25) is 4.79 Å². The molecule has 1 aliphatic heterocycles. The molecule has 8 nitrogen and oxygen atoms in total. The monoisotopic (exact) mass is 518 g/mol. The van der Waals surface area contributed by atoms with Crippen LogP contribution in [0.3, 0.4) is 0 Å². The van der Waals surface area contributed by atoms with Crippen LogP contribution in [0.1, 0.15) is 37.6 Å². The molecule has 0 saturated carbocycles. The summed E-state index contributed by atoms with van der Waals surface area (Å²) in [6.07, 6.45) is 2.17. The number of primary amides is 1. The first-order chi connectivity index (χ1) is 16.4. The van der Waals surface area contributed by atoms with Gasteiger partial charge in [0.25, 0.3) is 5.91 Å². The average molecular weight is 519 g/mol. The lowest BCUT2D eigenvalue weighted by Crippen LogP contribution is -2.40. The molecular weight excluding hydrogens is 495 g/mol. The average Bonchev–Trinajstić information content (AvgIpc) is 3.07. The number of carbonyl (C=O) groups is 1. The van der Waals surface area contributed by atoms with Crippen molar-refractivity contribution in [3.63, 3.8) is 0 Å². The third-order valence-corrected chi connectivity index (χ3v) is 7.85. The third-order valence-electron chi connectivity index (χ3n) is 5.84. The molecule has 1 unspecified atom stereocenters. The van der Waals surface area contributed by atoms with Crippen LogP contribution in [0.4, 0.5) is 10.2 Å². The lowest BCUT2D eigenvalue weighted by molar-refractivity contribution is 0.0997. The summed E-state index contributed by atoms with van der Waals surface area (Å²) in [4.78, 5) is 22.6. The number of amides is 1. The molecule has 4 rings (SSSR count). The molecule has 1 amide bonds. The Morgan fingerprint density at radius 3 is 2.66 bits per heavy atom. The summed E-state index contributed by atoms with van der Waals surface area (Å²) >= 11 is 6.04. The number of aromatic nitrogens is 2. The molecule has 3 aromatic rings. The third kappa shape index (κ3) is 4.81. The number of ether oxygens (including phenoxy) is 1. The predicted molar refractivity (Wildman–Crippen MR) is 129 cm³/mol. The van der Waals surface area contributed by atoms with Crippen molar-refractivity contribution in [3.8, 4) is 11.6 Å². The molecule has 1 aromatic carbocycles. The maximum atomic E-state index is 13.6. The van der Waals surface area contributed by atoms with Crippen molar-refractivity contribution in [2.75, 3.05) is 11.4 Å². The summed E-state index contributed by atoms with van der Waals surface area (Å²) in [6.45, 7) is 6.68. The number of halogens is 2. The number of nitrogens with two attached hydrogens (primary N) is 1. The van der Waals surface area contributed by atoms with Gasteiger partial charge in [0, 0.05) is 30.4 Å². The van der Waals surface area contributed by atoms with Crippen LogP contribution in [-0.4, -0.2) is 36.4 Å². The molecule has 1 aliphatic rings. The minimum Gasteiger partial charge on any atom is -0.437 e. The molecule has 0 bridgehead atoms. The van der Waals surface area contributed by atoms with E-state index < -0.39 is 21.6 Å². The largest absolute Gasteiger partial charge is 0.437 e. The zero-order valence-corrected chi connectivity index (χ0v) is 20.9. The minimum absolute atomic E-state index is 0.0249. The summed E-state index contributed by atoms with van der Waals surface area (Å²) < 4.78 is 46.4. The van der Waals surface area contributed by atoms with E-state index in [1.54, 1.807) is 0 Å². The lowest BCUT2D eigenvalue weighted by atomic mass is 9.97. The number of hydrogen-bond acceptors (Lipinski definition) is 7. The van der Waals surface area contributed by atoms with E-state index in [1.807, 2.05) is 18.7 Å². The molecule has 1 saturated heterocycles. The van der Waals surface area contributed by atoms with Gasteiger partial charge in [0.15, 0.2) is 10.8 Å². The summed E-state index contributed by atoms with van der Waals surface area (Å²) in [7, 11) is -4.32. The molecule has 1 fully saturated rings. The van der Waals surface area contributed by atoms with Crippen LogP contribution in [0.2, 0.25) is 5.02 Å². The van der Waals surface area contributed by atoms with Crippen LogP contribution in [0, 0.1) is 11.7 Å². The Morgan fingerprint density at radius 2 is 2.00 bits per heavy atom. The Morgan fingerprint density at radius 1 is 1.26 bits per heavy atom. The smallest absolute Gasteiger partial charge is 0.253 e. The molecule has 1 atom stereocenters. The molecule has 0 radical (unpaired) electrons. The highest BCUT2D eigenvalue weighted by molar-refractivity contribution is 7.91. The van der Waals surface area contributed by atoms with Gasteiger partial charge in [-0.05, 0) is 50.5 Å². The molecule has 2 N–H and O–H groups in total. The van der Waals surface area contributed by atoms with Gasteiger partial charge in [-0.1, -0.05) is 24.6 Å². The number of rotatable bonds is 6. The topological polar surface area (TPSA) is 115 Å². The summed E-state index contributed by atoms with van der Waals surface area (Å²) in [6, 6.07) is 8.85. The SMILES string of the molecule is CC1CN(c2nccc(S(=O)(=O)c3cccc(Oc4cc(F)ccc4Cl)n3)c2C(N)=O)C(C)(C)C1. The van der Waals surface area contributed by atoms with E-state index in [4.69, 9.17) is 22.1 Å². The minimum atomic E-state index is -4.32. The molecule has 2 aromatic heterocycles. The van der Waals surface area contributed by atoms with E-state index in [-0.39, 0.29) is 43.5 Å². The van der Waals surface area contributed by atoms with Crippen molar-refractivity contribution >= 4 is 33.2 Å². The number of pyridine rings is 2. The molecule has 11 heteroatoms. The van der Waals surface area contributed by atoms with E-state index >= 15 is 0 Å². The van der Waals surface area contributed by atoms with Gasteiger partial charge in [0.2, 0.25) is 15.7 Å². The first-order valence-electron chi connectivity index (χ1n) is 10.8. The van der Waals surface area contributed by atoms with E-state index in [2.05, 4.69) is 16.9 Å². The van der Waals surface area contributed by atoms with Crippen LogP contribution < -0.4 is 15.4 Å². The van der Waals surface area contributed by atoms with Gasteiger partial charge in [-0.15, -0.1) is 0 Å². The second-order valence-electron chi connectivity index (χ2n) is 9.10. The first-order valence-corrected chi connectivity index (χ1v) is 12.7. The van der Waals surface area contributed by atoms with Gasteiger partial charge >= 0.3 is 0 Å². The first kappa shape index (κ1) is 24.9. The molecule has 184 valence electrons. The maximum absolute atomic E-state index is 13.6. The number of anilines is 1. The van der Waals surface area contributed by atoms with Crippen molar-refractivity contribution in [3.05, 3.63) is 65.1 Å². The number of benzene rings is 1. The van der Waals surface area contributed by atoms with E-state index in [1.165, 1.54) is 36.5 Å². The van der Waals surface area contributed by atoms with Gasteiger partial charge < -0.3 is 15.4 Å². The maximum Gasteiger partial charge on any atom is 0.253 e. The van der Waals surface area contributed by atoms with Crippen LogP contribution in [0.5, 0.6) is 11.6 Å². The highest BCUT2D eigenvalue weighted by Crippen LogP contribution is 2.39. The Hall–Kier alpha value is -3.24. The number of sulfone groups is 1. The summed E-state index contributed by atoms with van der Waals surface area (Å²) in [5, 5.41) is -0.255. The number of hydrogen-bond donors (Lipinski definition) is 1. The Labute approximate surface area is 207 Å². The summed E-state index contributed by atoms with van der Waals surface area (Å²) in [5.74, 6) is -1.11. The van der Waals surface area contributed by atoms with E-state index in [9.17, 15) is 17.6 Å². The number of nitrogens with zero attached hydrogens (tertiary/aromatic N) is 3. The Balaban J connectivity index is 1.79. The van der Waals surface area contributed by atoms with Crippen molar-refractivity contribution in [1.82, 2.24) is 9.97 Å². The lowest BCUT2D eigenvalue weighted by Gasteiger charge is -2.33. The molecule has 35 heavy (non-hydrogen) atoms. The molecule has 0 spiro atoms. The van der Waals surface area contributed by atoms with Gasteiger partial charge in [0.1, 0.15) is 17.2 Å². The van der Waals surface area contributed by atoms with Crippen molar-refractivity contribution < 1.29 is 22.3 Å². The zero-order chi connectivity index (χ0) is 25.5. The fourth-order valence-electron chi connectivity index (χ4n) is 4.44. The predicted octanol–water partition coefficient (Wildman–Crippen LogP) is 4.62. The van der Waals surface area contributed by atoms with E-state index in [0.717, 1.165) is 18.6 Å². The van der Waals surface area contributed by atoms with Crippen molar-refractivity contribution in [2.45, 2.75) is 42.7 Å². The Kier molecular flexibility index (Phi) is 6.46. The quantitative estimate of drug-likeness (QED) is 0.506. The molecule has 0 aliphatic carbocycles. The van der Waals surface area contributed by atoms with Gasteiger partial charge in [-0.25, -0.2) is 22.8 Å². The zero-order valence-electron chi connectivity index (χ0n) is 19.3.